The van der Waals surface area contributed by atoms with Crippen LogP contribution >= 0.6 is 0 Å². The molecule has 0 atom stereocenters. The summed E-state index contributed by atoms with van der Waals surface area (Å²) < 4.78 is 0. The van der Waals surface area contributed by atoms with E-state index in [1.54, 1.807) is 0 Å². The second kappa shape index (κ2) is 31.8. The van der Waals surface area contributed by atoms with E-state index in [0.29, 0.717) is 39.3 Å². The maximum absolute atomic E-state index is 8.15. The van der Waals surface area contributed by atoms with E-state index in [4.69, 9.17) is 30.6 Å². The fourth-order valence-corrected chi connectivity index (χ4v) is 0.849. The van der Waals surface area contributed by atoms with E-state index in [9.17, 15) is 0 Å². The molecule has 132 valence electrons. The van der Waals surface area contributed by atoms with Crippen LogP contribution in [-0.2, 0) is 0 Å². The van der Waals surface area contributed by atoms with Crippen LogP contribution in [0.3, 0.4) is 0 Å². The Kier molecular flexibility index (Phi) is 38.8. The maximum Gasteiger partial charge on any atom is 0.0555 e. The molecule has 0 aliphatic heterocycles. The Balaban J connectivity index is -0.000000231. The van der Waals surface area contributed by atoms with Crippen molar-refractivity contribution in [3.05, 3.63) is 0 Å². The molecule has 0 amide bonds. The average Bonchev–Trinajstić information content (AvgIpc) is 2.50. The highest BCUT2D eigenvalue weighted by Gasteiger charge is 1.79. The summed E-state index contributed by atoms with van der Waals surface area (Å²) >= 11 is 0. The van der Waals surface area contributed by atoms with Crippen LogP contribution in [-0.4, -0.2) is 110 Å². The summed E-state index contributed by atoms with van der Waals surface area (Å²) in [5, 5.41) is 57.2. The van der Waals surface area contributed by atoms with Gasteiger partial charge >= 0.3 is 0 Å². The Labute approximate surface area is 126 Å². The van der Waals surface area contributed by atoms with Gasteiger partial charge in [0, 0.05) is 39.3 Å². The molecule has 0 saturated heterocycles. The number of rotatable bonds is 12. The van der Waals surface area contributed by atoms with Crippen LogP contribution in [0.5, 0.6) is 0 Å². The van der Waals surface area contributed by atoms with E-state index in [1.807, 2.05) is 0 Å². The van der Waals surface area contributed by atoms with E-state index in [0.717, 1.165) is 0 Å². The lowest BCUT2D eigenvalue weighted by molar-refractivity contribution is 0.266. The topological polar surface area (TPSA) is 157 Å². The van der Waals surface area contributed by atoms with Crippen molar-refractivity contribution < 1.29 is 30.6 Å². The lowest BCUT2D eigenvalue weighted by atomic mass is 10.6. The fraction of sp³-hybridized carbons (Fsp3) is 1.00. The lowest BCUT2D eigenvalue weighted by Crippen LogP contribution is -2.21. The molecule has 0 spiro atoms. The molecular formula is C12H33N3O6. The zero-order chi connectivity index (χ0) is 16.6. The highest BCUT2D eigenvalue weighted by Crippen LogP contribution is 1.55. The van der Waals surface area contributed by atoms with Crippen molar-refractivity contribution in [3.8, 4) is 0 Å². The first-order chi connectivity index (χ1) is 10.2. The van der Waals surface area contributed by atoms with Crippen molar-refractivity contribution in [3.63, 3.8) is 0 Å². The average molecular weight is 315 g/mol. The van der Waals surface area contributed by atoms with Gasteiger partial charge in [-0.2, -0.15) is 0 Å². The number of aliphatic hydroxyl groups is 6. The molecule has 0 unspecified atom stereocenters. The first-order valence-electron chi connectivity index (χ1n) is 7.02. The van der Waals surface area contributed by atoms with Gasteiger partial charge in [0.1, 0.15) is 0 Å². The van der Waals surface area contributed by atoms with Gasteiger partial charge in [-0.15, -0.1) is 0 Å². The minimum absolute atomic E-state index is 0.139. The predicted octanol–water partition coefficient (Wildman–Crippen LogP) is -4.32. The molecule has 0 aromatic rings. The van der Waals surface area contributed by atoms with Gasteiger partial charge < -0.3 is 46.6 Å². The summed E-state index contributed by atoms with van der Waals surface area (Å²) in [7, 11) is 0. The summed E-state index contributed by atoms with van der Waals surface area (Å²) in [5.41, 5.74) is 0. The molecule has 9 heteroatoms. The Hall–Kier alpha value is -0.360. The monoisotopic (exact) mass is 315 g/mol. The van der Waals surface area contributed by atoms with Crippen LogP contribution in [0, 0.1) is 0 Å². The van der Waals surface area contributed by atoms with Gasteiger partial charge in [0.15, 0.2) is 0 Å². The highest BCUT2D eigenvalue weighted by atomic mass is 16.3. The van der Waals surface area contributed by atoms with E-state index < -0.39 is 0 Å². The molecule has 0 aromatic carbocycles. The normalized spacial score (nSPS) is 9.43. The smallest absolute Gasteiger partial charge is 0.0555 e. The zero-order valence-corrected chi connectivity index (χ0v) is 12.7. The second-order valence-electron chi connectivity index (χ2n) is 3.59. The molecule has 0 heterocycles. The summed E-state index contributed by atoms with van der Waals surface area (Å²) in [6.45, 7) is 4.25. The number of nitrogens with one attached hydrogen (secondary N) is 3. The predicted molar refractivity (Wildman–Crippen MR) is 81.1 cm³/mol. The van der Waals surface area contributed by atoms with Crippen LogP contribution in [0.2, 0.25) is 0 Å². The third kappa shape index (κ3) is 45.1. The van der Waals surface area contributed by atoms with Gasteiger partial charge in [-0.3, -0.25) is 0 Å². The van der Waals surface area contributed by atoms with E-state index in [2.05, 4.69) is 16.0 Å². The second-order valence-corrected chi connectivity index (χ2v) is 3.59. The number of aliphatic hydroxyl groups excluding tert-OH is 6. The molecule has 9 N–H and O–H groups in total. The summed E-state index contributed by atoms with van der Waals surface area (Å²) in [4.78, 5) is 0. The Morgan fingerprint density at radius 2 is 0.476 bits per heavy atom. The van der Waals surface area contributed by atoms with E-state index in [-0.39, 0.29) is 39.6 Å². The molecule has 21 heavy (non-hydrogen) atoms. The van der Waals surface area contributed by atoms with Crippen molar-refractivity contribution in [2.24, 2.45) is 0 Å². The minimum atomic E-state index is 0.139. The van der Waals surface area contributed by atoms with Gasteiger partial charge in [0.05, 0.1) is 39.6 Å². The van der Waals surface area contributed by atoms with Crippen molar-refractivity contribution in [1.82, 2.24) is 16.0 Å². The Morgan fingerprint density at radius 1 is 0.333 bits per heavy atom. The summed E-state index contributed by atoms with van der Waals surface area (Å²) in [6.07, 6.45) is 0. The van der Waals surface area contributed by atoms with E-state index in [1.165, 1.54) is 0 Å². The zero-order valence-electron chi connectivity index (χ0n) is 12.7. The quantitative estimate of drug-likeness (QED) is 0.162. The maximum atomic E-state index is 8.15. The summed E-state index contributed by atoms with van der Waals surface area (Å²) in [6, 6.07) is 0. The van der Waals surface area contributed by atoms with Crippen molar-refractivity contribution in [2.45, 2.75) is 0 Å². The Bertz CT molecular complexity index is 110. The van der Waals surface area contributed by atoms with Crippen LogP contribution in [0.1, 0.15) is 0 Å². The molecule has 0 bridgehead atoms. The van der Waals surface area contributed by atoms with Crippen LogP contribution < -0.4 is 16.0 Å². The standard InChI is InChI=1S/3C4H11NO2/c3*6-3-1-5-2-4-7/h3*5-7H,1-4H2. The van der Waals surface area contributed by atoms with Crippen LogP contribution in [0.25, 0.3) is 0 Å². The first kappa shape index (κ1) is 25.6. The van der Waals surface area contributed by atoms with Crippen LogP contribution in [0.4, 0.5) is 0 Å². The van der Waals surface area contributed by atoms with Gasteiger partial charge in [-0.25, -0.2) is 0 Å². The minimum Gasteiger partial charge on any atom is -0.395 e. The number of hydrogen-bond acceptors (Lipinski definition) is 9. The third-order valence-electron chi connectivity index (χ3n) is 1.73. The SMILES string of the molecule is OCCNCCO.OCCNCCO.OCCNCCO. The first-order valence-corrected chi connectivity index (χ1v) is 7.02. The Morgan fingerprint density at radius 3 is 0.571 bits per heavy atom. The van der Waals surface area contributed by atoms with Crippen molar-refractivity contribution in [1.29, 1.82) is 0 Å². The fourth-order valence-electron chi connectivity index (χ4n) is 0.849. The molecule has 0 aliphatic carbocycles. The van der Waals surface area contributed by atoms with Gasteiger partial charge in [-0.1, -0.05) is 0 Å². The molecule has 0 fully saturated rings. The van der Waals surface area contributed by atoms with Gasteiger partial charge in [0.2, 0.25) is 0 Å². The van der Waals surface area contributed by atoms with Crippen LogP contribution in [0.15, 0.2) is 0 Å². The highest BCUT2D eigenvalue weighted by molar-refractivity contribution is 4.41. The number of hydrogen-bond donors (Lipinski definition) is 9. The lowest BCUT2D eigenvalue weighted by Gasteiger charge is -1.94. The van der Waals surface area contributed by atoms with Gasteiger partial charge in [0.25, 0.3) is 0 Å². The van der Waals surface area contributed by atoms with Crippen molar-refractivity contribution >= 4 is 0 Å². The van der Waals surface area contributed by atoms with Crippen molar-refractivity contribution in [2.75, 3.05) is 78.9 Å². The summed E-state index contributed by atoms with van der Waals surface area (Å²) in [5.74, 6) is 0. The molecular weight excluding hydrogens is 282 g/mol. The molecule has 0 rings (SSSR count). The molecule has 9 nitrogen and oxygen atoms in total. The molecule has 0 aromatic heterocycles. The molecule has 0 radical (unpaired) electrons. The largest absolute Gasteiger partial charge is 0.395 e. The molecule has 0 saturated carbocycles. The van der Waals surface area contributed by atoms with E-state index >= 15 is 0 Å². The third-order valence-corrected chi connectivity index (χ3v) is 1.73. The molecule has 0 aliphatic rings. The van der Waals surface area contributed by atoms with Gasteiger partial charge in [-0.05, 0) is 0 Å².